The van der Waals surface area contributed by atoms with Gasteiger partial charge in [0.05, 0.1) is 5.69 Å². The highest BCUT2D eigenvalue weighted by molar-refractivity contribution is 5.89. The van der Waals surface area contributed by atoms with E-state index < -0.39 is 11.6 Å². The molecule has 0 radical (unpaired) electrons. The molecule has 25 heavy (non-hydrogen) atoms. The van der Waals surface area contributed by atoms with Gasteiger partial charge < -0.3 is 10.2 Å². The third-order valence-electron chi connectivity index (χ3n) is 4.60. The highest BCUT2D eigenvalue weighted by atomic mass is 19.1. The van der Waals surface area contributed by atoms with E-state index in [4.69, 9.17) is 0 Å². The van der Waals surface area contributed by atoms with E-state index in [-0.39, 0.29) is 17.8 Å². The lowest BCUT2D eigenvalue weighted by atomic mass is 10.1. The van der Waals surface area contributed by atoms with E-state index in [1.807, 2.05) is 18.2 Å². The molecule has 0 spiro atoms. The molecule has 0 saturated carbocycles. The van der Waals surface area contributed by atoms with E-state index in [1.165, 1.54) is 11.6 Å². The SMILES string of the molecule is C[C@@H](c1ccccc1)N1CCN(C(=O)Nc2ccc(F)cc2F)CC1. The van der Waals surface area contributed by atoms with E-state index in [0.717, 1.165) is 25.2 Å². The number of benzene rings is 2. The number of piperazine rings is 1. The number of rotatable bonds is 3. The van der Waals surface area contributed by atoms with Gasteiger partial charge in [-0.3, -0.25) is 4.90 Å². The monoisotopic (exact) mass is 345 g/mol. The van der Waals surface area contributed by atoms with Gasteiger partial charge in [0.1, 0.15) is 11.6 Å². The Balaban J connectivity index is 1.55. The predicted molar refractivity (Wildman–Crippen MR) is 93.4 cm³/mol. The molecule has 2 amide bonds. The van der Waals surface area contributed by atoms with Crippen molar-refractivity contribution in [2.45, 2.75) is 13.0 Å². The van der Waals surface area contributed by atoms with Crippen LogP contribution in [0.15, 0.2) is 48.5 Å². The summed E-state index contributed by atoms with van der Waals surface area (Å²) in [4.78, 5) is 16.3. The molecule has 132 valence electrons. The summed E-state index contributed by atoms with van der Waals surface area (Å²) in [6.45, 7) is 4.77. The Bertz CT molecular complexity index is 731. The topological polar surface area (TPSA) is 35.6 Å². The maximum absolute atomic E-state index is 13.7. The van der Waals surface area contributed by atoms with Gasteiger partial charge in [-0.2, -0.15) is 0 Å². The molecule has 0 aliphatic carbocycles. The first-order valence-corrected chi connectivity index (χ1v) is 8.34. The Morgan fingerprint density at radius 2 is 1.72 bits per heavy atom. The normalized spacial score (nSPS) is 16.5. The number of nitrogens with zero attached hydrogens (tertiary/aromatic N) is 2. The quantitative estimate of drug-likeness (QED) is 0.916. The van der Waals surface area contributed by atoms with Crippen LogP contribution in [0.25, 0.3) is 0 Å². The molecular weight excluding hydrogens is 324 g/mol. The summed E-state index contributed by atoms with van der Waals surface area (Å²) in [6, 6.07) is 13.3. The number of hydrogen-bond acceptors (Lipinski definition) is 2. The summed E-state index contributed by atoms with van der Waals surface area (Å²) in [7, 11) is 0. The molecule has 1 heterocycles. The van der Waals surface area contributed by atoms with E-state index in [0.29, 0.717) is 13.1 Å². The van der Waals surface area contributed by atoms with Crippen LogP contribution < -0.4 is 5.32 Å². The first kappa shape index (κ1) is 17.4. The number of anilines is 1. The molecule has 1 saturated heterocycles. The number of carbonyl (C=O) groups excluding carboxylic acids is 1. The van der Waals surface area contributed by atoms with Gasteiger partial charge in [0.15, 0.2) is 0 Å². The highest BCUT2D eigenvalue weighted by Gasteiger charge is 2.25. The van der Waals surface area contributed by atoms with Crippen molar-refractivity contribution >= 4 is 11.7 Å². The van der Waals surface area contributed by atoms with Crippen molar-refractivity contribution < 1.29 is 13.6 Å². The molecule has 2 aromatic rings. The molecule has 0 bridgehead atoms. The second-order valence-electron chi connectivity index (χ2n) is 6.16. The van der Waals surface area contributed by atoms with Crippen molar-refractivity contribution in [2.24, 2.45) is 0 Å². The summed E-state index contributed by atoms with van der Waals surface area (Å²) in [5.41, 5.74) is 1.24. The van der Waals surface area contributed by atoms with Crippen LogP contribution in [-0.2, 0) is 0 Å². The Labute approximate surface area is 146 Å². The van der Waals surface area contributed by atoms with Gasteiger partial charge in [-0.15, -0.1) is 0 Å². The van der Waals surface area contributed by atoms with Gasteiger partial charge in [0.25, 0.3) is 0 Å². The van der Waals surface area contributed by atoms with E-state index >= 15 is 0 Å². The summed E-state index contributed by atoms with van der Waals surface area (Å²) >= 11 is 0. The van der Waals surface area contributed by atoms with Crippen LogP contribution in [-0.4, -0.2) is 42.0 Å². The fraction of sp³-hybridized carbons (Fsp3) is 0.316. The Morgan fingerprint density at radius 1 is 1.04 bits per heavy atom. The molecule has 1 fully saturated rings. The number of hydrogen-bond donors (Lipinski definition) is 1. The average molecular weight is 345 g/mol. The highest BCUT2D eigenvalue weighted by Crippen LogP contribution is 2.22. The van der Waals surface area contributed by atoms with Gasteiger partial charge in [-0.25, -0.2) is 13.6 Å². The molecule has 2 aromatic carbocycles. The van der Waals surface area contributed by atoms with Crippen molar-refractivity contribution in [3.8, 4) is 0 Å². The van der Waals surface area contributed by atoms with Crippen molar-refractivity contribution in [1.82, 2.24) is 9.80 Å². The average Bonchev–Trinajstić information content (AvgIpc) is 2.64. The Morgan fingerprint density at radius 3 is 2.36 bits per heavy atom. The molecule has 4 nitrogen and oxygen atoms in total. The standard InChI is InChI=1S/C19H21F2N3O/c1-14(15-5-3-2-4-6-15)23-9-11-24(12-10-23)19(25)22-18-8-7-16(20)13-17(18)21/h2-8,13-14H,9-12H2,1H3,(H,22,25)/t14-/m0/s1. The van der Waals surface area contributed by atoms with Crippen molar-refractivity contribution in [3.05, 3.63) is 65.7 Å². The fourth-order valence-corrected chi connectivity index (χ4v) is 3.04. The van der Waals surface area contributed by atoms with Crippen LogP contribution in [0.3, 0.4) is 0 Å². The first-order chi connectivity index (χ1) is 12.0. The van der Waals surface area contributed by atoms with Gasteiger partial charge in [-0.05, 0) is 24.6 Å². The number of urea groups is 1. The molecule has 1 aliphatic heterocycles. The van der Waals surface area contributed by atoms with Crippen LogP contribution in [0.1, 0.15) is 18.5 Å². The zero-order valence-electron chi connectivity index (χ0n) is 14.1. The maximum Gasteiger partial charge on any atom is 0.322 e. The molecule has 3 rings (SSSR count). The summed E-state index contributed by atoms with van der Waals surface area (Å²) < 4.78 is 26.6. The van der Waals surface area contributed by atoms with Crippen LogP contribution in [0, 0.1) is 11.6 Å². The fourth-order valence-electron chi connectivity index (χ4n) is 3.04. The maximum atomic E-state index is 13.7. The van der Waals surface area contributed by atoms with Gasteiger partial charge in [0, 0.05) is 38.3 Å². The number of nitrogens with one attached hydrogen (secondary N) is 1. The Kier molecular flexibility index (Phi) is 5.28. The minimum atomic E-state index is -0.773. The van der Waals surface area contributed by atoms with Crippen molar-refractivity contribution in [3.63, 3.8) is 0 Å². The van der Waals surface area contributed by atoms with Gasteiger partial charge >= 0.3 is 6.03 Å². The lowest BCUT2D eigenvalue weighted by Gasteiger charge is -2.38. The summed E-state index contributed by atoms with van der Waals surface area (Å²) in [5.74, 6) is -1.44. The van der Waals surface area contributed by atoms with E-state index in [1.54, 1.807) is 4.90 Å². The largest absolute Gasteiger partial charge is 0.322 e. The molecular formula is C19H21F2N3O. The smallest absolute Gasteiger partial charge is 0.322 e. The summed E-state index contributed by atoms with van der Waals surface area (Å²) in [5, 5.41) is 2.51. The number of halogens is 2. The van der Waals surface area contributed by atoms with Crippen LogP contribution in [0.4, 0.5) is 19.3 Å². The predicted octanol–water partition coefficient (Wildman–Crippen LogP) is 3.88. The second-order valence-corrected chi connectivity index (χ2v) is 6.16. The second kappa shape index (κ2) is 7.61. The first-order valence-electron chi connectivity index (χ1n) is 8.34. The lowest BCUT2D eigenvalue weighted by molar-refractivity contribution is 0.119. The number of amides is 2. The molecule has 0 aromatic heterocycles. The van der Waals surface area contributed by atoms with Gasteiger partial charge in [-0.1, -0.05) is 30.3 Å². The van der Waals surface area contributed by atoms with Crippen LogP contribution >= 0.6 is 0 Å². The van der Waals surface area contributed by atoms with Crippen LogP contribution in [0.2, 0.25) is 0 Å². The van der Waals surface area contributed by atoms with E-state index in [9.17, 15) is 13.6 Å². The van der Waals surface area contributed by atoms with Crippen molar-refractivity contribution in [1.29, 1.82) is 0 Å². The molecule has 6 heteroatoms. The molecule has 1 N–H and O–H groups in total. The Hall–Kier alpha value is -2.47. The molecule has 1 atom stereocenters. The summed E-state index contributed by atoms with van der Waals surface area (Å²) in [6.07, 6.45) is 0. The molecule has 1 aliphatic rings. The third-order valence-corrected chi connectivity index (χ3v) is 4.60. The minimum absolute atomic E-state index is 0.00789. The third kappa shape index (κ3) is 4.14. The molecule has 0 unspecified atom stereocenters. The van der Waals surface area contributed by atoms with Crippen LogP contribution in [0.5, 0.6) is 0 Å². The van der Waals surface area contributed by atoms with Crippen molar-refractivity contribution in [2.75, 3.05) is 31.5 Å². The number of carbonyl (C=O) groups is 1. The minimum Gasteiger partial charge on any atom is -0.322 e. The van der Waals surface area contributed by atoms with E-state index in [2.05, 4.69) is 29.3 Å². The zero-order chi connectivity index (χ0) is 17.8. The van der Waals surface area contributed by atoms with Gasteiger partial charge in [0.2, 0.25) is 0 Å². The zero-order valence-corrected chi connectivity index (χ0v) is 14.1. The lowest BCUT2D eigenvalue weighted by Crippen LogP contribution is -2.50.